The van der Waals surface area contributed by atoms with Gasteiger partial charge in [0.25, 0.3) is 0 Å². The molecule has 2 heterocycles. The molecule has 1 N–H and O–H groups in total. The van der Waals surface area contributed by atoms with Crippen molar-refractivity contribution in [3.63, 3.8) is 0 Å². The summed E-state index contributed by atoms with van der Waals surface area (Å²) >= 11 is 1.36. The predicted octanol–water partition coefficient (Wildman–Crippen LogP) is 4.26. The summed E-state index contributed by atoms with van der Waals surface area (Å²) in [6, 6.07) is 18.5. The van der Waals surface area contributed by atoms with E-state index in [2.05, 4.69) is 50.1 Å². The average molecular weight is 304 g/mol. The Kier molecular flexibility index (Phi) is 3.25. The molecule has 0 aliphatic carbocycles. The Morgan fingerprint density at radius 3 is 2.45 bits per heavy atom. The van der Waals surface area contributed by atoms with Crippen LogP contribution in [0.3, 0.4) is 0 Å². The molecule has 2 aromatic heterocycles. The van der Waals surface area contributed by atoms with E-state index in [-0.39, 0.29) is 0 Å². The van der Waals surface area contributed by atoms with Gasteiger partial charge in [0.1, 0.15) is 5.69 Å². The van der Waals surface area contributed by atoms with Crippen LogP contribution in [0.2, 0.25) is 0 Å². The second-order valence-electron chi connectivity index (χ2n) is 4.85. The summed E-state index contributed by atoms with van der Waals surface area (Å²) < 4.78 is 4.02. The van der Waals surface area contributed by atoms with Gasteiger partial charge in [0, 0.05) is 22.7 Å². The van der Waals surface area contributed by atoms with Crippen molar-refractivity contribution in [2.75, 3.05) is 0 Å². The Hall–Kier alpha value is -2.79. The number of nitrogens with zero attached hydrogens (tertiary/aromatic N) is 3. The van der Waals surface area contributed by atoms with Gasteiger partial charge in [0.15, 0.2) is 0 Å². The molecule has 4 rings (SSSR count). The predicted molar refractivity (Wildman–Crippen MR) is 88.4 cm³/mol. The van der Waals surface area contributed by atoms with E-state index in [9.17, 15) is 0 Å². The first-order chi connectivity index (χ1) is 10.9. The first kappa shape index (κ1) is 12.9. The Labute approximate surface area is 131 Å². The monoisotopic (exact) mass is 304 g/mol. The Balaban J connectivity index is 2.02. The lowest BCUT2D eigenvalue weighted by Gasteiger charge is -2.12. The molecule has 0 aliphatic rings. The van der Waals surface area contributed by atoms with E-state index >= 15 is 0 Å². The third kappa shape index (κ3) is 2.21. The maximum Gasteiger partial charge on any atom is 0.107 e. The van der Waals surface area contributed by atoms with Crippen LogP contribution in [0.4, 0.5) is 0 Å². The van der Waals surface area contributed by atoms with E-state index in [1.165, 1.54) is 11.5 Å². The van der Waals surface area contributed by atoms with Gasteiger partial charge >= 0.3 is 0 Å². The van der Waals surface area contributed by atoms with Crippen molar-refractivity contribution >= 4 is 11.5 Å². The zero-order valence-electron chi connectivity index (χ0n) is 11.6. The average Bonchev–Trinajstić information content (AvgIpc) is 3.28. The molecule has 4 aromatic rings. The molecular formula is C17H12N4S. The summed E-state index contributed by atoms with van der Waals surface area (Å²) in [5, 5.41) is 13.4. The lowest BCUT2D eigenvalue weighted by Crippen LogP contribution is -1.91. The van der Waals surface area contributed by atoms with Gasteiger partial charge in [-0.1, -0.05) is 53.0 Å². The second-order valence-corrected chi connectivity index (χ2v) is 5.46. The third-order valence-electron chi connectivity index (χ3n) is 3.56. The minimum absolute atomic E-state index is 0.883. The van der Waals surface area contributed by atoms with Gasteiger partial charge in [-0.2, -0.15) is 5.10 Å². The highest BCUT2D eigenvalue weighted by Crippen LogP contribution is 2.38. The molecule has 0 fully saturated rings. The summed E-state index contributed by atoms with van der Waals surface area (Å²) in [7, 11) is 0. The quantitative estimate of drug-likeness (QED) is 0.615. The van der Waals surface area contributed by atoms with Crippen molar-refractivity contribution in [1.82, 2.24) is 19.8 Å². The standard InChI is InChI=1S/C17H12N4S/c1-2-5-12(6-3-1)13-7-4-8-14(15-9-10-18-19-15)17(13)16-11-22-21-20-16/h1-11H,(H,18,19). The minimum atomic E-state index is 0.883. The van der Waals surface area contributed by atoms with Crippen LogP contribution in [-0.4, -0.2) is 19.8 Å². The van der Waals surface area contributed by atoms with Crippen molar-refractivity contribution in [2.24, 2.45) is 0 Å². The highest BCUT2D eigenvalue weighted by molar-refractivity contribution is 7.03. The molecule has 5 heteroatoms. The number of hydrogen-bond donors (Lipinski definition) is 1. The summed E-state index contributed by atoms with van der Waals surface area (Å²) in [5.74, 6) is 0. The topological polar surface area (TPSA) is 54.5 Å². The van der Waals surface area contributed by atoms with Gasteiger partial charge in [-0.05, 0) is 28.7 Å². The molecule has 2 aromatic carbocycles. The van der Waals surface area contributed by atoms with Crippen molar-refractivity contribution in [2.45, 2.75) is 0 Å². The maximum absolute atomic E-state index is 4.28. The SMILES string of the molecule is c1ccc(-c2cccc(-c3ccn[nH]3)c2-c2csnn2)cc1. The van der Waals surface area contributed by atoms with Crippen LogP contribution in [0.25, 0.3) is 33.6 Å². The molecule has 0 radical (unpaired) electrons. The van der Waals surface area contributed by atoms with E-state index in [0.29, 0.717) is 0 Å². The highest BCUT2D eigenvalue weighted by atomic mass is 32.1. The zero-order valence-corrected chi connectivity index (χ0v) is 12.4. The highest BCUT2D eigenvalue weighted by Gasteiger charge is 2.16. The number of aromatic nitrogens is 4. The van der Waals surface area contributed by atoms with E-state index in [1.54, 1.807) is 6.20 Å². The summed E-state index contributed by atoms with van der Waals surface area (Å²) in [4.78, 5) is 0. The fourth-order valence-electron chi connectivity index (χ4n) is 2.59. The molecule has 0 unspecified atom stereocenters. The van der Waals surface area contributed by atoms with Crippen LogP contribution >= 0.6 is 11.5 Å². The van der Waals surface area contributed by atoms with Crippen LogP contribution in [-0.2, 0) is 0 Å². The summed E-state index contributed by atoms with van der Waals surface area (Å²) in [5.41, 5.74) is 6.31. The van der Waals surface area contributed by atoms with E-state index < -0.39 is 0 Å². The molecule has 0 saturated heterocycles. The normalized spacial score (nSPS) is 10.7. The number of hydrogen-bond acceptors (Lipinski definition) is 4. The van der Waals surface area contributed by atoms with Gasteiger partial charge in [-0.3, -0.25) is 5.10 Å². The van der Waals surface area contributed by atoms with Crippen LogP contribution in [0, 0.1) is 0 Å². The Bertz CT molecular complexity index is 868. The smallest absolute Gasteiger partial charge is 0.107 e. The summed E-state index contributed by atoms with van der Waals surface area (Å²) in [6.45, 7) is 0. The minimum Gasteiger partial charge on any atom is -0.278 e. The number of aromatic amines is 1. The van der Waals surface area contributed by atoms with Crippen molar-refractivity contribution in [3.8, 4) is 33.6 Å². The van der Waals surface area contributed by atoms with Crippen LogP contribution < -0.4 is 0 Å². The van der Waals surface area contributed by atoms with Crippen molar-refractivity contribution in [1.29, 1.82) is 0 Å². The molecule has 0 amide bonds. The third-order valence-corrected chi connectivity index (χ3v) is 4.06. The number of benzene rings is 2. The molecular weight excluding hydrogens is 292 g/mol. The first-order valence-electron chi connectivity index (χ1n) is 6.89. The maximum atomic E-state index is 4.28. The first-order valence-corrected chi connectivity index (χ1v) is 7.73. The van der Waals surface area contributed by atoms with E-state index in [0.717, 1.165) is 33.6 Å². The van der Waals surface area contributed by atoms with Gasteiger partial charge in [-0.25, -0.2) is 0 Å². The van der Waals surface area contributed by atoms with Crippen LogP contribution in [0.5, 0.6) is 0 Å². The van der Waals surface area contributed by atoms with E-state index in [1.807, 2.05) is 29.6 Å². The summed E-state index contributed by atoms with van der Waals surface area (Å²) in [6.07, 6.45) is 1.76. The number of nitrogens with one attached hydrogen (secondary N) is 1. The van der Waals surface area contributed by atoms with Gasteiger partial charge < -0.3 is 0 Å². The number of H-pyrrole nitrogens is 1. The lowest BCUT2D eigenvalue weighted by molar-refractivity contribution is 1.09. The Morgan fingerprint density at radius 1 is 0.864 bits per heavy atom. The zero-order chi connectivity index (χ0) is 14.8. The fourth-order valence-corrected chi connectivity index (χ4v) is 3.04. The van der Waals surface area contributed by atoms with Gasteiger partial charge in [0.05, 0.1) is 5.69 Å². The largest absolute Gasteiger partial charge is 0.278 e. The van der Waals surface area contributed by atoms with Gasteiger partial charge in [0.2, 0.25) is 0 Å². The molecule has 0 bridgehead atoms. The molecule has 0 spiro atoms. The molecule has 0 aliphatic heterocycles. The molecule has 0 atom stereocenters. The lowest BCUT2D eigenvalue weighted by atomic mass is 9.92. The van der Waals surface area contributed by atoms with Crippen molar-refractivity contribution in [3.05, 3.63) is 66.2 Å². The molecule has 0 saturated carbocycles. The molecule has 22 heavy (non-hydrogen) atoms. The van der Waals surface area contributed by atoms with Crippen LogP contribution in [0.15, 0.2) is 66.2 Å². The van der Waals surface area contributed by atoms with Gasteiger partial charge in [-0.15, -0.1) is 5.10 Å². The molecule has 4 nitrogen and oxygen atoms in total. The van der Waals surface area contributed by atoms with E-state index in [4.69, 9.17) is 0 Å². The Morgan fingerprint density at radius 2 is 1.73 bits per heavy atom. The number of rotatable bonds is 3. The van der Waals surface area contributed by atoms with Crippen molar-refractivity contribution < 1.29 is 0 Å². The van der Waals surface area contributed by atoms with Crippen LogP contribution in [0.1, 0.15) is 0 Å². The molecule has 106 valence electrons. The second kappa shape index (κ2) is 5.54. The fraction of sp³-hybridized carbons (Fsp3) is 0.